The lowest BCUT2D eigenvalue weighted by Crippen LogP contribution is -2.20. The van der Waals surface area contributed by atoms with Crippen molar-refractivity contribution in [3.8, 4) is 5.75 Å². The van der Waals surface area contributed by atoms with E-state index >= 15 is 0 Å². The summed E-state index contributed by atoms with van der Waals surface area (Å²) in [6.45, 7) is 0.368. The van der Waals surface area contributed by atoms with Crippen LogP contribution in [0, 0.1) is 0 Å². The lowest BCUT2D eigenvalue weighted by atomic mass is 10.1. The van der Waals surface area contributed by atoms with Crippen LogP contribution in [-0.2, 0) is 0 Å². The van der Waals surface area contributed by atoms with E-state index < -0.39 is 12.8 Å². The van der Waals surface area contributed by atoms with Gasteiger partial charge >= 0.3 is 6.18 Å². The van der Waals surface area contributed by atoms with Crippen LogP contribution in [0.4, 0.5) is 13.2 Å². The van der Waals surface area contributed by atoms with E-state index in [2.05, 4.69) is 15.9 Å². The first-order chi connectivity index (χ1) is 7.29. The van der Waals surface area contributed by atoms with Gasteiger partial charge in [0, 0.05) is 16.1 Å². The molecule has 1 aromatic rings. The predicted octanol–water partition coefficient (Wildman–Crippen LogP) is 3.41. The number of alkyl halides is 3. The van der Waals surface area contributed by atoms with Gasteiger partial charge in [0.15, 0.2) is 6.61 Å². The summed E-state index contributed by atoms with van der Waals surface area (Å²) in [5.41, 5.74) is 6.18. The van der Waals surface area contributed by atoms with E-state index in [0.29, 0.717) is 10.0 Å². The number of rotatable bonds is 3. The smallest absolute Gasteiger partial charge is 0.422 e. The Hall–Kier alpha value is -0.750. The first kappa shape index (κ1) is 13.3. The molecule has 90 valence electrons. The molecule has 0 bridgehead atoms. The van der Waals surface area contributed by atoms with Crippen LogP contribution in [0.25, 0.3) is 0 Å². The molecule has 0 fully saturated rings. The van der Waals surface area contributed by atoms with E-state index in [0.717, 1.165) is 0 Å². The summed E-state index contributed by atoms with van der Waals surface area (Å²) in [4.78, 5) is 0. The van der Waals surface area contributed by atoms with Crippen LogP contribution >= 0.6 is 15.9 Å². The van der Waals surface area contributed by atoms with Crippen LogP contribution < -0.4 is 10.5 Å². The van der Waals surface area contributed by atoms with Crippen molar-refractivity contribution in [2.75, 3.05) is 6.61 Å². The largest absolute Gasteiger partial charge is 0.484 e. The fourth-order valence-corrected chi connectivity index (χ4v) is 1.51. The minimum atomic E-state index is -4.35. The highest BCUT2D eigenvalue weighted by Crippen LogP contribution is 2.29. The van der Waals surface area contributed by atoms with E-state index in [9.17, 15) is 13.2 Å². The third-order valence-corrected chi connectivity index (χ3v) is 2.35. The van der Waals surface area contributed by atoms with Gasteiger partial charge in [0.05, 0.1) is 0 Å². The first-order valence-electron chi connectivity index (χ1n) is 4.54. The summed E-state index contributed by atoms with van der Waals surface area (Å²) in [5, 5.41) is 0. The molecule has 0 saturated heterocycles. The van der Waals surface area contributed by atoms with Gasteiger partial charge in [-0.05, 0) is 19.1 Å². The molecule has 0 radical (unpaired) electrons. The number of hydrogen-bond donors (Lipinski definition) is 1. The second-order valence-corrected chi connectivity index (χ2v) is 4.29. The minimum absolute atomic E-state index is 0.154. The molecule has 2 N–H and O–H groups in total. The molecule has 1 rings (SSSR count). The molecule has 16 heavy (non-hydrogen) atoms. The molecular weight excluding hydrogens is 287 g/mol. The quantitative estimate of drug-likeness (QED) is 0.928. The van der Waals surface area contributed by atoms with Crippen LogP contribution in [0.2, 0.25) is 0 Å². The van der Waals surface area contributed by atoms with Gasteiger partial charge in [-0.1, -0.05) is 22.0 Å². The number of ether oxygens (including phenoxy) is 1. The van der Waals surface area contributed by atoms with Gasteiger partial charge in [0.1, 0.15) is 5.75 Å². The molecule has 0 aliphatic heterocycles. The van der Waals surface area contributed by atoms with E-state index in [1.807, 2.05) is 0 Å². The lowest BCUT2D eigenvalue weighted by molar-refractivity contribution is -0.153. The Morgan fingerprint density at radius 2 is 2.06 bits per heavy atom. The van der Waals surface area contributed by atoms with Crippen LogP contribution in [0.5, 0.6) is 5.75 Å². The molecule has 6 heteroatoms. The Morgan fingerprint density at radius 3 is 2.56 bits per heavy atom. The lowest BCUT2D eigenvalue weighted by Gasteiger charge is -2.15. The summed E-state index contributed by atoms with van der Waals surface area (Å²) in [5.74, 6) is 0.154. The summed E-state index contributed by atoms with van der Waals surface area (Å²) in [6, 6.07) is 4.45. The average Bonchev–Trinajstić information content (AvgIpc) is 2.13. The van der Waals surface area contributed by atoms with Crippen molar-refractivity contribution < 1.29 is 17.9 Å². The second kappa shape index (κ2) is 5.05. The normalized spacial score (nSPS) is 13.6. The highest BCUT2D eigenvalue weighted by molar-refractivity contribution is 9.10. The SMILES string of the molecule is C[C@@H](N)c1ccc(Br)cc1OCC(F)(F)F. The molecule has 1 aromatic carbocycles. The predicted molar refractivity (Wildman–Crippen MR) is 58.3 cm³/mol. The van der Waals surface area contributed by atoms with Crippen LogP contribution in [0.3, 0.4) is 0 Å². The molecule has 0 aromatic heterocycles. The third-order valence-electron chi connectivity index (χ3n) is 1.86. The highest BCUT2D eigenvalue weighted by Gasteiger charge is 2.29. The molecule has 1 atom stereocenters. The van der Waals surface area contributed by atoms with E-state index in [-0.39, 0.29) is 11.8 Å². The standard InChI is InChI=1S/C10H11BrF3NO/c1-6(15)8-3-2-7(11)4-9(8)16-5-10(12,13)14/h2-4,6H,5,15H2,1H3/t6-/m1/s1. The second-order valence-electron chi connectivity index (χ2n) is 3.37. The average molecular weight is 298 g/mol. The van der Waals surface area contributed by atoms with Crippen LogP contribution in [-0.4, -0.2) is 12.8 Å². The number of halogens is 4. The van der Waals surface area contributed by atoms with Crippen molar-refractivity contribution in [1.82, 2.24) is 0 Å². The summed E-state index contributed by atoms with van der Waals surface area (Å²) >= 11 is 3.16. The molecule has 0 unspecified atom stereocenters. The van der Waals surface area contributed by atoms with Crippen molar-refractivity contribution in [3.63, 3.8) is 0 Å². The maximum atomic E-state index is 12.0. The summed E-state index contributed by atoms with van der Waals surface area (Å²) < 4.78 is 41.4. The molecule has 2 nitrogen and oxygen atoms in total. The first-order valence-corrected chi connectivity index (χ1v) is 5.33. The van der Waals surface area contributed by atoms with Crippen LogP contribution in [0.15, 0.2) is 22.7 Å². The third kappa shape index (κ3) is 4.02. The molecular formula is C10H11BrF3NO. The molecule has 0 heterocycles. The summed E-state index contributed by atoms with van der Waals surface area (Å²) in [7, 11) is 0. The number of nitrogens with two attached hydrogens (primary N) is 1. The monoisotopic (exact) mass is 297 g/mol. The molecule has 0 aliphatic carbocycles. The van der Waals surface area contributed by atoms with E-state index in [1.54, 1.807) is 19.1 Å². The van der Waals surface area contributed by atoms with Gasteiger partial charge < -0.3 is 10.5 Å². The Kier molecular flexibility index (Phi) is 4.21. The van der Waals surface area contributed by atoms with Gasteiger partial charge in [-0.3, -0.25) is 0 Å². The van der Waals surface area contributed by atoms with Crippen molar-refractivity contribution in [2.45, 2.75) is 19.1 Å². The zero-order valence-electron chi connectivity index (χ0n) is 8.51. The maximum absolute atomic E-state index is 12.0. The fourth-order valence-electron chi connectivity index (χ4n) is 1.17. The Bertz CT molecular complexity index is 366. The topological polar surface area (TPSA) is 35.2 Å². The van der Waals surface area contributed by atoms with Gasteiger partial charge in [0.2, 0.25) is 0 Å². The van der Waals surface area contributed by atoms with Crippen molar-refractivity contribution in [3.05, 3.63) is 28.2 Å². The van der Waals surface area contributed by atoms with Gasteiger partial charge in [-0.2, -0.15) is 13.2 Å². The maximum Gasteiger partial charge on any atom is 0.422 e. The van der Waals surface area contributed by atoms with Crippen molar-refractivity contribution >= 4 is 15.9 Å². The molecule has 0 amide bonds. The Labute approximate surface area is 99.7 Å². The Morgan fingerprint density at radius 1 is 1.44 bits per heavy atom. The van der Waals surface area contributed by atoms with Crippen LogP contribution in [0.1, 0.15) is 18.5 Å². The van der Waals surface area contributed by atoms with E-state index in [1.165, 1.54) is 6.07 Å². The molecule has 0 aliphatic rings. The highest BCUT2D eigenvalue weighted by atomic mass is 79.9. The zero-order chi connectivity index (χ0) is 12.3. The summed E-state index contributed by atoms with van der Waals surface area (Å²) in [6.07, 6.45) is -4.35. The number of hydrogen-bond acceptors (Lipinski definition) is 2. The van der Waals surface area contributed by atoms with Crippen molar-refractivity contribution in [1.29, 1.82) is 0 Å². The molecule has 0 saturated carbocycles. The zero-order valence-corrected chi connectivity index (χ0v) is 10.1. The number of benzene rings is 1. The van der Waals surface area contributed by atoms with Gasteiger partial charge in [0.25, 0.3) is 0 Å². The van der Waals surface area contributed by atoms with Gasteiger partial charge in [-0.25, -0.2) is 0 Å². The Balaban J connectivity index is 2.88. The fraction of sp³-hybridized carbons (Fsp3) is 0.400. The van der Waals surface area contributed by atoms with Crippen molar-refractivity contribution in [2.24, 2.45) is 5.73 Å². The minimum Gasteiger partial charge on any atom is -0.484 e. The van der Waals surface area contributed by atoms with E-state index in [4.69, 9.17) is 10.5 Å². The molecule has 0 spiro atoms. The van der Waals surface area contributed by atoms with Gasteiger partial charge in [-0.15, -0.1) is 0 Å².